The van der Waals surface area contributed by atoms with E-state index in [1.54, 1.807) is 0 Å². The molecule has 0 spiro atoms. The van der Waals surface area contributed by atoms with Crippen LogP contribution in [0.4, 0.5) is 5.69 Å². The van der Waals surface area contributed by atoms with Gasteiger partial charge in [-0.3, -0.25) is 0 Å². The quantitative estimate of drug-likeness (QED) is 0.702. The molecule has 0 saturated heterocycles. The number of anilines is 1. The number of pyridine rings is 1. The summed E-state index contributed by atoms with van der Waals surface area (Å²) >= 11 is 9.00. The monoisotopic (exact) mass is 234 g/mol. The van der Waals surface area contributed by atoms with Crippen molar-refractivity contribution in [1.82, 2.24) is 4.98 Å². The van der Waals surface area contributed by atoms with E-state index in [4.69, 9.17) is 17.3 Å². The van der Waals surface area contributed by atoms with Crippen LogP contribution in [-0.2, 0) is 0 Å². The number of halogens is 2. The van der Waals surface area contributed by atoms with E-state index in [-0.39, 0.29) is 0 Å². The number of nitrogens with two attached hydrogens (primary N) is 1. The van der Waals surface area contributed by atoms with Gasteiger partial charge in [-0.15, -0.1) is 0 Å². The van der Waals surface area contributed by atoms with Gasteiger partial charge in [-0.1, -0.05) is 11.6 Å². The van der Waals surface area contributed by atoms with E-state index in [9.17, 15) is 0 Å². The molecule has 1 aromatic rings. The van der Waals surface area contributed by atoms with Gasteiger partial charge in [0.15, 0.2) is 0 Å². The summed E-state index contributed by atoms with van der Waals surface area (Å²) < 4.78 is 0.616. The molecular weight excluding hydrogens is 227 g/mol. The first-order chi connectivity index (χ1) is 5.04. The highest BCUT2D eigenvalue weighted by Gasteiger charge is 2.07. The van der Waals surface area contributed by atoms with Crippen molar-refractivity contribution in [3.05, 3.63) is 20.9 Å². The van der Waals surface area contributed by atoms with E-state index in [1.807, 2.05) is 13.8 Å². The van der Waals surface area contributed by atoms with Crippen LogP contribution < -0.4 is 5.73 Å². The first-order valence-electron chi connectivity index (χ1n) is 3.11. The van der Waals surface area contributed by atoms with Crippen molar-refractivity contribution in [2.75, 3.05) is 5.73 Å². The van der Waals surface area contributed by atoms with Crippen molar-refractivity contribution in [3.63, 3.8) is 0 Å². The van der Waals surface area contributed by atoms with Gasteiger partial charge in [-0.05, 0) is 40.9 Å². The fourth-order valence-corrected chi connectivity index (χ4v) is 1.54. The molecule has 11 heavy (non-hydrogen) atoms. The normalized spacial score (nSPS) is 10.2. The minimum Gasteiger partial charge on any atom is -0.396 e. The molecule has 0 aliphatic heterocycles. The Balaban J connectivity index is 3.46. The Bertz CT molecular complexity index is 273. The Morgan fingerprint density at radius 3 is 2.45 bits per heavy atom. The van der Waals surface area contributed by atoms with Crippen molar-refractivity contribution in [1.29, 1.82) is 0 Å². The van der Waals surface area contributed by atoms with Gasteiger partial charge in [0.25, 0.3) is 0 Å². The molecule has 0 aliphatic carbocycles. The number of nitrogen functional groups attached to an aromatic ring is 1. The number of hydrogen-bond acceptors (Lipinski definition) is 2. The van der Waals surface area contributed by atoms with Crippen molar-refractivity contribution in [2.24, 2.45) is 0 Å². The van der Waals surface area contributed by atoms with Crippen molar-refractivity contribution < 1.29 is 0 Å². The van der Waals surface area contributed by atoms with Gasteiger partial charge in [-0.2, -0.15) is 0 Å². The second kappa shape index (κ2) is 2.99. The van der Waals surface area contributed by atoms with Crippen LogP contribution in [0.2, 0.25) is 5.15 Å². The summed E-state index contributed by atoms with van der Waals surface area (Å²) in [5, 5.41) is 0.503. The van der Waals surface area contributed by atoms with E-state index in [0.29, 0.717) is 15.4 Å². The Morgan fingerprint density at radius 2 is 1.91 bits per heavy atom. The van der Waals surface area contributed by atoms with Crippen LogP contribution in [0.5, 0.6) is 0 Å². The van der Waals surface area contributed by atoms with Gasteiger partial charge < -0.3 is 5.73 Å². The SMILES string of the molecule is Cc1c(Cl)nc(Br)c(N)c1C. The van der Waals surface area contributed by atoms with E-state index in [2.05, 4.69) is 20.9 Å². The fourth-order valence-electron chi connectivity index (χ4n) is 0.742. The molecule has 2 nitrogen and oxygen atoms in total. The zero-order chi connectivity index (χ0) is 8.59. The predicted molar refractivity (Wildman–Crippen MR) is 50.8 cm³/mol. The van der Waals surface area contributed by atoms with Gasteiger partial charge >= 0.3 is 0 Å². The molecule has 0 amide bonds. The summed E-state index contributed by atoms with van der Waals surface area (Å²) in [6, 6.07) is 0. The smallest absolute Gasteiger partial charge is 0.133 e. The second-order valence-corrected chi connectivity index (χ2v) is 3.47. The average molecular weight is 236 g/mol. The predicted octanol–water partition coefficient (Wildman–Crippen LogP) is 2.70. The topological polar surface area (TPSA) is 38.9 Å². The number of rotatable bonds is 0. The Kier molecular flexibility index (Phi) is 2.40. The van der Waals surface area contributed by atoms with Gasteiger partial charge in [0.2, 0.25) is 0 Å². The highest BCUT2D eigenvalue weighted by molar-refractivity contribution is 9.10. The lowest BCUT2D eigenvalue weighted by Crippen LogP contribution is -1.97. The molecule has 0 aromatic carbocycles. The third kappa shape index (κ3) is 1.49. The van der Waals surface area contributed by atoms with Gasteiger partial charge in [0, 0.05) is 0 Å². The molecule has 1 aromatic heterocycles. The lowest BCUT2D eigenvalue weighted by atomic mass is 10.1. The second-order valence-electron chi connectivity index (χ2n) is 2.36. The van der Waals surface area contributed by atoms with Crippen molar-refractivity contribution >= 4 is 33.2 Å². The van der Waals surface area contributed by atoms with E-state index in [0.717, 1.165) is 11.1 Å². The lowest BCUT2D eigenvalue weighted by molar-refractivity contribution is 1.19. The summed E-state index contributed by atoms with van der Waals surface area (Å²) in [6.45, 7) is 3.82. The van der Waals surface area contributed by atoms with Gasteiger partial charge in [-0.25, -0.2) is 4.98 Å². The largest absolute Gasteiger partial charge is 0.396 e. The molecule has 4 heteroatoms. The zero-order valence-corrected chi connectivity index (χ0v) is 8.62. The van der Waals surface area contributed by atoms with Gasteiger partial charge in [0.05, 0.1) is 5.69 Å². The summed E-state index contributed by atoms with van der Waals surface area (Å²) in [5.41, 5.74) is 8.26. The van der Waals surface area contributed by atoms with Crippen molar-refractivity contribution in [3.8, 4) is 0 Å². The highest BCUT2D eigenvalue weighted by Crippen LogP contribution is 2.27. The molecule has 0 aliphatic rings. The zero-order valence-electron chi connectivity index (χ0n) is 6.28. The fraction of sp³-hybridized carbons (Fsp3) is 0.286. The van der Waals surface area contributed by atoms with Crippen LogP contribution in [0.3, 0.4) is 0 Å². The third-order valence-electron chi connectivity index (χ3n) is 1.69. The molecule has 60 valence electrons. The number of aromatic nitrogens is 1. The first kappa shape index (κ1) is 8.81. The molecule has 0 unspecified atom stereocenters. The lowest BCUT2D eigenvalue weighted by Gasteiger charge is -2.06. The maximum Gasteiger partial charge on any atom is 0.133 e. The van der Waals surface area contributed by atoms with Crippen LogP contribution in [0.25, 0.3) is 0 Å². The van der Waals surface area contributed by atoms with Crippen LogP contribution in [-0.4, -0.2) is 4.98 Å². The van der Waals surface area contributed by atoms with Gasteiger partial charge in [0.1, 0.15) is 9.76 Å². The standard InChI is InChI=1S/C7H8BrClN2/c1-3-4(2)7(9)11-6(8)5(3)10/h10H2,1-2H3. The molecular formula is C7H8BrClN2. The molecule has 1 rings (SSSR count). The maximum absolute atomic E-state index is 5.79. The Labute approximate surface area is 78.9 Å². The minimum atomic E-state index is 0.503. The number of hydrogen-bond donors (Lipinski definition) is 1. The summed E-state index contributed by atoms with van der Waals surface area (Å²) in [5.74, 6) is 0. The molecule has 1 heterocycles. The first-order valence-corrected chi connectivity index (χ1v) is 4.28. The molecule has 0 atom stereocenters. The summed E-state index contributed by atoms with van der Waals surface area (Å²) in [7, 11) is 0. The summed E-state index contributed by atoms with van der Waals surface area (Å²) in [4.78, 5) is 3.99. The molecule has 0 saturated carbocycles. The Morgan fingerprint density at radius 1 is 1.36 bits per heavy atom. The third-order valence-corrected chi connectivity index (χ3v) is 2.67. The van der Waals surface area contributed by atoms with Crippen LogP contribution in [0, 0.1) is 13.8 Å². The molecule has 0 fully saturated rings. The van der Waals surface area contributed by atoms with Crippen LogP contribution >= 0.6 is 27.5 Å². The molecule has 0 bridgehead atoms. The minimum absolute atomic E-state index is 0.503. The highest BCUT2D eigenvalue weighted by atomic mass is 79.9. The van der Waals surface area contributed by atoms with E-state index >= 15 is 0 Å². The van der Waals surface area contributed by atoms with Crippen LogP contribution in [0.15, 0.2) is 4.60 Å². The van der Waals surface area contributed by atoms with E-state index in [1.165, 1.54) is 0 Å². The summed E-state index contributed by atoms with van der Waals surface area (Å²) in [6.07, 6.45) is 0. The van der Waals surface area contributed by atoms with E-state index < -0.39 is 0 Å². The average Bonchev–Trinajstić information content (AvgIpc) is 1.97. The Hall–Kier alpha value is -0.280. The number of nitrogens with zero attached hydrogens (tertiary/aromatic N) is 1. The van der Waals surface area contributed by atoms with Crippen LogP contribution in [0.1, 0.15) is 11.1 Å². The molecule has 2 N–H and O–H groups in total. The van der Waals surface area contributed by atoms with Crippen molar-refractivity contribution in [2.45, 2.75) is 13.8 Å². The molecule has 0 radical (unpaired) electrons. The maximum atomic E-state index is 5.79.